The Morgan fingerprint density at radius 1 is 1.53 bits per heavy atom. The molecule has 2 heterocycles. The van der Waals surface area contributed by atoms with Gasteiger partial charge >= 0.3 is 5.00 Å². The SMILES string of the molecule is Nc1nc(S)nc(O)c1/N=C/c1ccc([N+](=O)[O-])s1. The van der Waals surface area contributed by atoms with Gasteiger partial charge in [-0.15, -0.1) is 12.6 Å². The number of aromatic hydroxyl groups is 1. The Kier molecular flexibility index (Phi) is 3.62. The number of thiol groups is 1. The Bertz CT molecular complexity index is 647. The van der Waals surface area contributed by atoms with Crippen molar-refractivity contribution in [2.75, 3.05) is 5.73 Å². The van der Waals surface area contributed by atoms with Crippen LogP contribution in [0.25, 0.3) is 0 Å². The number of aliphatic imine (C=N–C) groups is 1. The molecule has 10 heteroatoms. The van der Waals surface area contributed by atoms with Gasteiger partial charge in [0.15, 0.2) is 16.7 Å². The highest BCUT2D eigenvalue weighted by molar-refractivity contribution is 7.80. The van der Waals surface area contributed by atoms with Crippen LogP contribution >= 0.6 is 24.0 Å². The summed E-state index contributed by atoms with van der Waals surface area (Å²) in [5.74, 6) is -0.431. The molecule has 0 unspecified atom stereocenters. The van der Waals surface area contributed by atoms with E-state index in [4.69, 9.17) is 5.73 Å². The Hall–Kier alpha value is -2.20. The summed E-state index contributed by atoms with van der Waals surface area (Å²) in [5, 5.41) is 20.1. The summed E-state index contributed by atoms with van der Waals surface area (Å²) in [6.07, 6.45) is 1.34. The molecular formula is C9H7N5O3S2. The van der Waals surface area contributed by atoms with Gasteiger partial charge in [-0.3, -0.25) is 10.1 Å². The number of thiophene rings is 1. The average Bonchev–Trinajstić information content (AvgIpc) is 2.76. The Morgan fingerprint density at radius 3 is 2.84 bits per heavy atom. The number of aromatic nitrogens is 2. The summed E-state index contributed by atoms with van der Waals surface area (Å²) >= 11 is 4.80. The third-order valence-electron chi connectivity index (χ3n) is 1.99. The molecule has 2 rings (SSSR count). The molecule has 2 aromatic heterocycles. The predicted molar refractivity (Wildman–Crippen MR) is 73.6 cm³/mol. The van der Waals surface area contributed by atoms with Crippen LogP contribution < -0.4 is 5.73 Å². The first-order valence-corrected chi connectivity index (χ1v) is 6.07. The molecule has 0 aliphatic carbocycles. The van der Waals surface area contributed by atoms with Crippen LogP contribution in [0, 0.1) is 10.1 Å². The highest BCUT2D eigenvalue weighted by Crippen LogP contribution is 2.30. The molecule has 8 nitrogen and oxygen atoms in total. The summed E-state index contributed by atoms with van der Waals surface area (Å²) in [6, 6.07) is 2.90. The number of nitrogen functional groups attached to an aromatic ring is 1. The van der Waals surface area contributed by atoms with Gasteiger partial charge < -0.3 is 10.8 Å². The third kappa shape index (κ3) is 2.98. The molecule has 0 aliphatic heterocycles. The van der Waals surface area contributed by atoms with Gasteiger partial charge in [-0.2, -0.15) is 4.98 Å². The molecule has 0 atom stereocenters. The quantitative estimate of drug-likeness (QED) is 0.260. The Labute approximate surface area is 116 Å². The van der Waals surface area contributed by atoms with Crippen molar-refractivity contribution in [1.82, 2.24) is 9.97 Å². The van der Waals surface area contributed by atoms with Crippen LogP contribution in [0.2, 0.25) is 0 Å². The van der Waals surface area contributed by atoms with Crippen molar-refractivity contribution in [3.8, 4) is 5.88 Å². The molecule has 0 saturated heterocycles. The number of anilines is 1. The first-order valence-electron chi connectivity index (χ1n) is 4.81. The fourth-order valence-corrected chi connectivity index (χ4v) is 2.11. The van der Waals surface area contributed by atoms with Gasteiger partial charge in [-0.05, 0) is 6.07 Å². The molecule has 0 aromatic carbocycles. The molecule has 19 heavy (non-hydrogen) atoms. The van der Waals surface area contributed by atoms with E-state index < -0.39 is 10.8 Å². The van der Waals surface area contributed by atoms with Crippen LogP contribution in [0.1, 0.15) is 4.88 Å². The number of hydrogen-bond donors (Lipinski definition) is 3. The Morgan fingerprint density at radius 2 is 2.26 bits per heavy atom. The first kappa shape index (κ1) is 13.2. The van der Waals surface area contributed by atoms with Crippen molar-refractivity contribution in [2.24, 2.45) is 4.99 Å². The normalized spacial score (nSPS) is 11.0. The fourth-order valence-electron chi connectivity index (χ4n) is 1.21. The third-order valence-corrected chi connectivity index (χ3v) is 3.17. The van der Waals surface area contributed by atoms with Crippen molar-refractivity contribution < 1.29 is 10.0 Å². The summed E-state index contributed by atoms with van der Waals surface area (Å²) in [7, 11) is 0. The molecule has 0 saturated carbocycles. The smallest absolute Gasteiger partial charge is 0.324 e. The number of nitrogens with two attached hydrogens (primary N) is 1. The zero-order valence-electron chi connectivity index (χ0n) is 9.22. The standard InChI is InChI=1S/C9H7N5O3S2/c10-7-6(8(15)13-9(18)12-7)11-3-4-1-2-5(19-4)14(16)17/h1-3H,(H4,10,12,13,15,18)/b11-3+. The van der Waals surface area contributed by atoms with Crippen LogP contribution in [0.5, 0.6) is 5.88 Å². The van der Waals surface area contributed by atoms with Gasteiger partial charge in [-0.1, -0.05) is 11.3 Å². The van der Waals surface area contributed by atoms with E-state index in [1.807, 2.05) is 0 Å². The van der Waals surface area contributed by atoms with Crippen LogP contribution in [-0.4, -0.2) is 26.2 Å². The topological polar surface area (TPSA) is 128 Å². The van der Waals surface area contributed by atoms with Crippen molar-refractivity contribution in [3.63, 3.8) is 0 Å². The lowest BCUT2D eigenvalue weighted by Gasteiger charge is -2.01. The van der Waals surface area contributed by atoms with Gasteiger partial charge in [-0.25, -0.2) is 9.98 Å². The second kappa shape index (κ2) is 5.20. The molecule has 0 amide bonds. The predicted octanol–water partition coefficient (Wildman–Crippen LogP) is 1.77. The van der Waals surface area contributed by atoms with Crippen LogP contribution in [0.4, 0.5) is 16.5 Å². The van der Waals surface area contributed by atoms with Gasteiger partial charge in [0.2, 0.25) is 5.88 Å². The monoisotopic (exact) mass is 297 g/mol. The second-order valence-electron chi connectivity index (χ2n) is 3.27. The minimum absolute atomic E-state index is 0.000556. The first-order chi connectivity index (χ1) is 8.97. The maximum Gasteiger partial charge on any atom is 0.324 e. The van der Waals surface area contributed by atoms with Crippen LogP contribution in [-0.2, 0) is 0 Å². The number of hydrogen-bond acceptors (Lipinski definition) is 9. The van der Waals surface area contributed by atoms with E-state index in [9.17, 15) is 15.2 Å². The van der Waals surface area contributed by atoms with E-state index in [-0.39, 0.29) is 21.7 Å². The van der Waals surface area contributed by atoms with E-state index in [2.05, 4.69) is 27.6 Å². The minimum atomic E-state index is -0.493. The lowest BCUT2D eigenvalue weighted by molar-refractivity contribution is -0.380. The van der Waals surface area contributed by atoms with Crippen molar-refractivity contribution >= 4 is 46.7 Å². The van der Waals surface area contributed by atoms with E-state index in [1.165, 1.54) is 18.3 Å². The number of rotatable bonds is 3. The highest BCUT2D eigenvalue weighted by Gasteiger charge is 2.10. The molecular weight excluding hydrogens is 290 g/mol. The molecule has 0 fully saturated rings. The van der Waals surface area contributed by atoms with Gasteiger partial charge in [0.25, 0.3) is 0 Å². The molecule has 0 spiro atoms. The van der Waals surface area contributed by atoms with Crippen molar-refractivity contribution in [2.45, 2.75) is 5.16 Å². The number of nitro groups is 1. The van der Waals surface area contributed by atoms with Gasteiger partial charge in [0, 0.05) is 12.3 Å². The summed E-state index contributed by atoms with van der Waals surface area (Å²) < 4.78 is 0. The van der Waals surface area contributed by atoms with Crippen LogP contribution in [0.15, 0.2) is 22.3 Å². The molecule has 3 N–H and O–H groups in total. The molecule has 0 bridgehead atoms. The lowest BCUT2D eigenvalue weighted by atomic mass is 10.4. The molecule has 98 valence electrons. The summed E-state index contributed by atoms with van der Waals surface area (Å²) in [6.45, 7) is 0. The molecule has 0 aliphatic rings. The van der Waals surface area contributed by atoms with Crippen LogP contribution in [0.3, 0.4) is 0 Å². The second-order valence-corrected chi connectivity index (χ2v) is 4.77. The highest BCUT2D eigenvalue weighted by atomic mass is 32.1. The van der Waals surface area contributed by atoms with Gasteiger partial charge in [0.1, 0.15) is 0 Å². The minimum Gasteiger partial charge on any atom is -0.492 e. The maximum absolute atomic E-state index is 10.5. The summed E-state index contributed by atoms with van der Waals surface area (Å²) in [4.78, 5) is 21.8. The van der Waals surface area contributed by atoms with Crippen molar-refractivity contribution in [3.05, 3.63) is 27.1 Å². The lowest BCUT2D eigenvalue weighted by Crippen LogP contribution is -1.94. The van der Waals surface area contributed by atoms with E-state index in [0.717, 1.165) is 11.3 Å². The van der Waals surface area contributed by atoms with Gasteiger partial charge in [0.05, 0.1) is 9.80 Å². The zero-order chi connectivity index (χ0) is 14.0. The van der Waals surface area contributed by atoms with Crippen molar-refractivity contribution in [1.29, 1.82) is 0 Å². The average molecular weight is 297 g/mol. The fraction of sp³-hybridized carbons (Fsp3) is 0. The Balaban J connectivity index is 2.29. The largest absolute Gasteiger partial charge is 0.492 e. The van der Waals surface area contributed by atoms with E-state index in [0.29, 0.717) is 4.88 Å². The zero-order valence-corrected chi connectivity index (χ0v) is 10.9. The molecule has 0 radical (unpaired) electrons. The van der Waals surface area contributed by atoms with E-state index >= 15 is 0 Å². The maximum atomic E-state index is 10.5. The number of nitrogens with zero attached hydrogens (tertiary/aromatic N) is 4. The molecule has 2 aromatic rings. The van der Waals surface area contributed by atoms with E-state index in [1.54, 1.807) is 0 Å². The summed E-state index contributed by atoms with van der Waals surface area (Å²) in [5.41, 5.74) is 5.56.